The van der Waals surface area contributed by atoms with Gasteiger partial charge in [-0.15, -0.1) is 0 Å². The van der Waals surface area contributed by atoms with Gasteiger partial charge in [0, 0.05) is 10.7 Å². The summed E-state index contributed by atoms with van der Waals surface area (Å²) in [6, 6.07) is 0. The van der Waals surface area contributed by atoms with E-state index >= 15 is 0 Å². The standard InChI is InChI=1S/C4H7ClO3S/c1-3(6)4(2)8-9(5)7/h4H,1-2H3. The summed E-state index contributed by atoms with van der Waals surface area (Å²) in [5, 5.41) is 0. The molecule has 0 saturated carbocycles. The molecule has 54 valence electrons. The van der Waals surface area contributed by atoms with Gasteiger partial charge in [-0.2, -0.15) is 0 Å². The maximum atomic E-state index is 10.4. The summed E-state index contributed by atoms with van der Waals surface area (Å²) in [5.74, 6) is -0.191. The normalized spacial score (nSPS) is 16.8. The maximum Gasteiger partial charge on any atom is 0.256 e. The van der Waals surface area contributed by atoms with Crippen molar-refractivity contribution in [1.82, 2.24) is 0 Å². The molecule has 0 fully saturated rings. The lowest BCUT2D eigenvalue weighted by molar-refractivity contribution is -0.122. The lowest BCUT2D eigenvalue weighted by Gasteiger charge is -2.01. The van der Waals surface area contributed by atoms with Gasteiger partial charge in [0.05, 0.1) is 0 Å². The van der Waals surface area contributed by atoms with Crippen LogP contribution in [0.1, 0.15) is 13.8 Å². The largest absolute Gasteiger partial charge is 0.297 e. The van der Waals surface area contributed by atoms with Crippen LogP contribution in [-0.2, 0) is 19.3 Å². The highest BCUT2D eigenvalue weighted by molar-refractivity contribution is 8.04. The first kappa shape index (κ1) is 9.07. The summed E-state index contributed by atoms with van der Waals surface area (Å²) in [4.78, 5) is 10.4. The molecule has 0 bridgehead atoms. The van der Waals surface area contributed by atoms with Crippen molar-refractivity contribution in [2.45, 2.75) is 20.0 Å². The molecule has 0 radical (unpaired) electrons. The highest BCUT2D eigenvalue weighted by atomic mass is 35.7. The monoisotopic (exact) mass is 170 g/mol. The Hall–Kier alpha value is 0.0700. The van der Waals surface area contributed by atoms with E-state index in [4.69, 9.17) is 10.7 Å². The third-order valence-corrected chi connectivity index (χ3v) is 1.45. The quantitative estimate of drug-likeness (QED) is 0.589. The van der Waals surface area contributed by atoms with Crippen LogP contribution in [0.2, 0.25) is 0 Å². The summed E-state index contributed by atoms with van der Waals surface area (Å²) < 4.78 is 14.5. The minimum Gasteiger partial charge on any atom is -0.297 e. The van der Waals surface area contributed by atoms with Gasteiger partial charge in [-0.3, -0.25) is 8.98 Å². The van der Waals surface area contributed by atoms with Crippen molar-refractivity contribution in [3.63, 3.8) is 0 Å². The fourth-order valence-electron chi connectivity index (χ4n) is 0.181. The summed E-state index contributed by atoms with van der Waals surface area (Å²) in [5.41, 5.74) is 0. The molecule has 0 rings (SSSR count). The zero-order valence-electron chi connectivity index (χ0n) is 5.09. The van der Waals surface area contributed by atoms with E-state index < -0.39 is 16.4 Å². The number of carbonyl (C=O) groups excluding carboxylic acids is 1. The van der Waals surface area contributed by atoms with Gasteiger partial charge in [0.25, 0.3) is 10.3 Å². The average molecular weight is 171 g/mol. The van der Waals surface area contributed by atoms with E-state index in [1.807, 2.05) is 0 Å². The van der Waals surface area contributed by atoms with Gasteiger partial charge in [0.2, 0.25) is 0 Å². The van der Waals surface area contributed by atoms with E-state index in [2.05, 4.69) is 4.18 Å². The van der Waals surface area contributed by atoms with Crippen molar-refractivity contribution >= 4 is 26.8 Å². The summed E-state index contributed by atoms with van der Waals surface area (Å²) in [7, 11) is 3.05. The molecule has 0 aliphatic carbocycles. The fraction of sp³-hybridized carbons (Fsp3) is 0.750. The second kappa shape index (κ2) is 3.98. The summed E-state index contributed by atoms with van der Waals surface area (Å²) in [6.45, 7) is 2.83. The highest BCUT2D eigenvalue weighted by Gasteiger charge is 2.09. The van der Waals surface area contributed by atoms with Crippen molar-refractivity contribution in [2.75, 3.05) is 0 Å². The van der Waals surface area contributed by atoms with E-state index in [0.717, 1.165) is 0 Å². The van der Waals surface area contributed by atoms with E-state index in [-0.39, 0.29) is 5.78 Å². The smallest absolute Gasteiger partial charge is 0.256 e. The molecule has 0 saturated heterocycles. The zero-order chi connectivity index (χ0) is 7.44. The van der Waals surface area contributed by atoms with Crippen molar-refractivity contribution in [3.8, 4) is 0 Å². The van der Waals surface area contributed by atoms with Crippen LogP contribution < -0.4 is 0 Å². The lowest BCUT2D eigenvalue weighted by atomic mass is 10.3. The Morgan fingerprint density at radius 1 is 1.78 bits per heavy atom. The highest BCUT2D eigenvalue weighted by Crippen LogP contribution is 1.98. The predicted octanol–water partition coefficient (Wildman–Crippen LogP) is 0.798. The molecule has 0 aliphatic rings. The van der Waals surface area contributed by atoms with Crippen LogP contribution in [0.25, 0.3) is 0 Å². The summed E-state index contributed by atoms with van der Waals surface area (Å²) in [6.07, 6.45) is -0.677. The van der Waals surface area contributed by atoms with Gasteiger partial charge >= 0.3 is 0 Å². The molecular weight excluding hydrogens is 164 g/mol. The molecule has 0 N–H and O–H groups in total. The van der Waals surface area contributed by atoms with Crippen LogP contribution in [0.4, 0.5) is 0 Å². The van der Waals surface area contributed by atoms with Crippen molar-refractivity contribution in [3.05, 3.63) is 0 Å². The number of Topliss-reactive ketones (excluding diaryl/α,β-unsaturated/α-hetero) is 1. The van der Waals surface area contributed by atoms with Gasteiger partial charge in [0.1, 0.15) is 6.10 Å². The van der Waals surface area contributed by atoms with Crippen LogP contribution >= 0.6 is 10.7 Å². The van der Waals surface area contributed by atoms with Crippen molar-refractivity contribution in [1.29, 1.82) is 0 Å². The molecule has 9 heavy (non-hydrogen) atoms. The van der Waals surface area contributed by atoms with Gasteiger partial charge in [-0.25, -0.2) is 4.21 Å². The van der Waals surface area contributed by atoms with E-state index in [0.29, 0.717) is 0 Å². The number of rotatable bonds is 3. The van der Waals surface area contributed by atoms with Crippen LogP contribution in [0.3, 0.4) is 0 Å². The van der Waals surface area contributed by atoms with E-state index in [9.17, 15) is 9.00 Å². The molecule has 0 spiro atoms. The lowest BCUT2D eigenvalue weighted by Crippen LogP contribution is -2.16. The van der Waals surface area contributed by atoms with E-state index in [1.54, 1.807) is 0 Å². The van der Waals surface area contributed by atoms with Gasteiger partial charge in [-0.05, 0) is 13.8 Å². The number of hydrogen-bond donors (Lipinski definition) is 0. The topological polar surface area (TPSA) is 43.4 Å². The van der Waals surface area contributed by atoms with E-state index in [1.165, 1.54) is 13.8 Å². The molecule has 0 aliphatic heterocycles. The number of ketones is 1. The second-order valence-corrected chi connectivity index (χ2v) is 2.88. The Bertz CT molecular complexity index is 136. The Morgan fingerprint density at radius 3 is 2.33 bits per heavy atom. The van der Waals surface area contributed by atoms with Crippen LogP contribution in [0.5, 0.6) is 0 Å². The van der Waals surface area contributed by atoms with Crippen LogP contribution in [-0.4, -0.2) is 16.1 Å². The van der Waals surface area contributed by atoms with Crippen molar-refractivity contribution in [2.24, 2.45) is 0 Å². The molecule has 5 heteroatoms. The number of halogens is 1. The van der Waals surface area contributed by atoms with Gasteiger partial charge in [-0.1, -0.05) is 0 Å². The molecule has 0 heterocycles. The first-order valence-electron chi connectivity index (χ1n) is 2.29. The first-order chi connectivity index (χ1) is 4.04. The second-order valence-electron chi connectivity index (χ2n) is 1.54. The minimum absolute atomic E-state index is 0.191. The molecular formula is C4H7ClO3S. The fourth-order valence-corrected chi connectivity index (χ4v) is 0.871. The molecule has 3 nitrogen and oxygen atoms in total. The zero-order valence-corrected chi connectivity index (χ0v) is 6.66. The minimum atomic E-state index is -1.86. The predicted molar refractivity (Wildman–Crippen MR) is 35.2 cm³/mol. The Morgan fingerprint density at radius 2 is 2.22 bits per heavy atom. The Kier molecular flexibility index (Phi) is 4.01. The molecule has 2 atom stereocenters. The Balaban J connectivity index is 3.63. The Labute approximate surface area is 60.5 Å². The average Bonchev–Trinajstić information content (AvgIpc) is 1.63. The number of hydrogen-bond acceptors (Lipinski definition) is 3. The molecule has 2 unspecified atom stereocenters. The first-order valence-corrected chi connectivity index (χ1v) is 4.19. The SMILES string of the molecule is CC(=O)C(C)OS(=O)Cl. The van der Waals surface area contributed by atoms with Gasteiger partial charge < -0.3 is 0 Å². The molecule has 0 amide bonds. The van der Waals surface area contributed by atoms with Crippen LogP contribution in [0, 0.1) is 0 Å². The van der Waals surface area contributed by atoms with Crippen LogP contribution in [0.15, 0.2) is 0 Å². The molecule has 0 aromatic carbocycles. The molecule has 0 aromatic heterocycles. The van der Waals surface area contributed by atoms with Crippen molar-refractivity contribution < 1.29 is 13.2 Å². The maximum absolute atomic E-state index is 10.4. The summed E-state index contributed by atoms with van der Waals surface area (Å²) >= 11 is 0. The third kappa shape index (κ3) is 4.57. The molecule has 0 aromatic rings. The van der Waals surface area contributed by atoms with Gasteiger partial charge in [0.15, 0.2) is 5.78 Å². The number of carbonyl (C=O) groups is 1. The third-order valence-electron chi connectivity index (χ3n) is 0.792.